The predicted octanol–water partition coefficient (Wildman–Crippen LogP) is 4.83. The lowest BCUT2D eigenvalue weighted by atomic mass is 9.90. The number of alkyl halides is 2. The summed E-state index contributed by atoms with van der Waals surface area (Å²) in [6.07, 6.45) is -3.91. The van der Waals surface area contributed by atoms with Gasteiger partial charge in [0.25, 0.3) is 0 Å². The van der Waals surface area contributed by atoms with Gasteiger partial charge in [0.15, 0.2) is 11.5 Å². The smallest absolute Gasteiger partial charge is 0.395 e. The van der Waals surface area contributed by atoms with Gasteiger partial charge in [-0.1, -0.05) is 19.9 Å². The fourth-order valence-corrected chi connectivity index (χ4v) is 5.11. The van der Waals surface area contributed by atoms with Gasteiger partial charge in [-0.05, 0) is 56.5 Å². The highest BCUT2D eigenvalue weighted by Crippen LogP contribution is 2.52. The van der Waals surface area contributed by atoms with E-state index in [9.17, 15) is 23.8 Å². The van der Waals surface area contributed by atoms with Crippen molar-refractivity contribution in [1.29, 1.82) is 0 Å². The Morgan fingerprint density at radius 2 is 1.85 bits per heavy atom. The van der Waals surface area contributed by atoms with Crippen LogP contribution in [0.5, 0.6) is 11.5 Å². The standard InChI is InChI=1S/C29H33F3N2O6/c1-16(2)38-15-27(3,4)25-10-17-9-21(20(30)12-22(17)34(25)13-19(36)14-35)33-26(37)28(7-8-28)18-5-6-23-24(11-18)40-29(31,32)39-23/h5-6,9-12,16,19,35-36H,7-8,13-15H2,1-4H3,(H,33,37)/t19-/m1/s1. The SMILES string of the molecule is CC(C)OCC(C)(C)c1cc2cc(NC(=O)C3(c4ccc5c(c4)OC(F)(F)O5)CC3)c(F)cc2n1C[C@@H](O)CO. The number of nitrogens with one attached hydrogen (secondary N) is 1. The number of fused-ring (bicyclic) bond motifs is 2. The highest BCUT2D eigenvalue weighted by atomic mass is 19.3. The van der Waals surface area contributed by atoms with E-state index in [2.05, 4.69) is 14.8 Å². The molecule has 2 heterocycles. The molecule has 0 saturated heterocycles. The summed E-state index contributed by atoms with van der Waals surface area (Å²) in [7, 11) is 0. The van der Waals surface area contributed by atoms with Gasteiger partial charge >= 0.3 is 6.29 Å². The fraction of sp³-hybridized carbons (Fsp3) is 0.483. The summed E-state index contributed by atoms with van der Waals surface area (Å²) in [6.45, 7) is 7.75. The molecule has 1 amide bonds. The third-order valence-corrected chi connectivity index (χ3v) is 7.45. The van der Waals surface area contributed by atoms with Crippen molar-refractivity contribution < 1.29 is 42.4 Å². The zero-order valence-electron chi connectivity index (χ0n) is 22.8. The number of amides is 1. The zero-order chi connectivity index (χ0) is 29.0. The molecule has 0 radical (unpaired) electrons. The van der Waals surface area contributed by atoms with Crippen LogP contribution in [0, 0.1) is 5.82 Å². The molecule has 5 rings (SSSR count). The Morgan fingerprint density at radius 1 is 1.15 bits per heavy atom. The van der Waals surface area contributed by atoms with Crippen LogP contribution < -0.4 is 14.8 Å². The quantitative estimate of drug-likeness (QED) is 0.327. The number of aromatic nitrogens is 1. The average molecular weight is 563 g/mol. The minimum absolute atomic E-state index is 0.00427. The maximum atomic E-state index is 15.4. The number of hydrogen-bond acceptors (Lipinski definition) is 6. The summed E-state index contributed by atoms with van der Waals surface area (Å²) < 4.78 is 59.0. The van der Waals surface area contributed by atoms with E-state index in [4.69, 9.17) is 4.74 Å². The lowest BCUT2D eigenvalue weighted by molar-refractivity contribution is -0.286. The first-order valence-electron chi connectivity index (χ1n) is 13.2. The van der Waals surface area contributed by atoms with Crippen LogP contribution in [0.1, 0.15) is 51.8 Å². The number of ether oxygens (including phenoxy) is 3. The number of anilines is 1. The molecule has 8 nitrogen and oxygen atoms in total. The maximum Gasteiger partial charge on any atom is 0.586 e. The Hall–Kier alpha value is -3.28. The van der Waals surface area contributed by atoms with Crippen molar-refractivity contribution in [2.45, 2.75) is 76.4 Å². The topological polar surface area (TPSA) is 102 Å². The summed E-state index contributed by atoms with van der Waals surface area (Å²) in [5.74, 6) is -1.41. The molecule has 0 bridgehead atoms. The van der Waals surface area contributed by atoms with Gasteiger partial charge in [0.05, 0.1) is 48.6 Å². The highest BCUT2D eigenvalue weighted by Gasteiger charge is 2.53. The number of rotatable bonds is 10. The van der Waals surface area contributed by atoms with Crippen LogP contribution in [0.25, 0.3) is 10.9 Å². The third-order valence-electron chi connectivity index (χ3n) is 7.45. The highest BCUT2D eigenvalue weighted by molar-refractivity contribution is 6.02. The second kappa shape index (κ2) is 9.97. The van der Waals surface area contributed by atoms with E-state index in [0.717, 1.165) is 5.69 Å². The lowest BCUT2D eigenvalue weighted by Gasteiger charge is -2.28. The van der Waals surface area contributed by atoms with Crippen LogP contribution >= 0.6 is 0 Å². The van der Waals surface area contributed by atoms with Crippen molar-refractivity contribution in [2.24, 2.45) is 0 Å². The van der Waals surface area contributed by atoms with Crippen molar-refractivity contribution in [3.05, 3.63) is 53.5 Å². The monoisotopic (exact) mass is 562 g/mol. The van der Waals surface area contributed by atoms with Gasteiger partial charge in [0.1, 0.15) is 5.82 Å². The Morgan fingerprint density at radius 3 is 2.50 bits per heavy atom. The van der Waals surface area contributed by atoms with Gasteiger partial charge < -0.3 is 34.3 Å². The molecule has 1 atom stereocenters. The number of aliphatic hydroxyl groups is 2. The van der Waals surface area contributed by atoms with Crippen molar-refractivity contribution in [3.8, 4) is 11.5 Å². The van der Waals surface area contributed by atoms with E-state index >= 15 is 4.39 Å². The molecule has 216 valence electrons. The lowest BCUT2D eigenvalue weighted by Crippen LogP contribution is -2.31. The van der Waals surface area contributed by atoms with Crippen molar-refractivity contribution >= 4 is 22.5 Å². The van der Waals surface area contributed by atoms with Crippen LogP contribution in [0.3, 0.4) is 0 Å². The molecule has 11 heteroatoms. The first kappa shape index (κ1) is 28.3. The molecule has 1 aromatic heterocycles. The summed E-state index contributed by atoms with van der Waals surface area (Å²) >= 11 is 0. The second-order valence-corrected chi connectivity index (χ2v) is 11.5. The molecule has 0 spiro atoms. The molecule has 40 heavy (non-hydrogen) atoms. The molecule has 0 unspecified atom stereocenters. The minimum atomic E-state index is -3.77. The maximum absolute atomic E-state index is 15.4. The number of nitrogens with zero attached hydrogens (tertiary/aromatic N) is 1. The molecule has 1 fully saturated rings. The van der Waals surface area contributed by atoms with Crippen LogP contribution in [0.2, 0.25) is 0 Å². The molecule has 2 aliphatic rings. The Labute approximate surface area is 229 Å². The van der Waals surface area contributed by atoms with Crippen molar-refractivity contribution in [1.82, 2.24) is 4.57 Å². The van der Waals surface area contributed by atoms with Crippen LogP contribution in [-0.2, 0) is 26.9 Å². The molecule has 3 aromatic rings. The van der Waals surface area contributed by atoms with Crippen molar-refractivity contribution in [3.63, 3.8) is 0 Å². The number of halogens is 3. The molecular formula is C29H33F3N2O6. The van der Waals surface area contributed by atoms with E-state index in [1.165, 1.54) is 30.3 Å². The third kappa shape index (κ3) is 5.25. The molecule has 1 saturated carbocycles. The number of carbonyl (C=O) groups is 1. The fourth-order valence-electron chi connectivity index (χ4n) is 5.11. The van der Waals surface area contributed by atoms with Gasteiger partial charge in [-0.25, -0.2) is 4.39 Å². The van der Waals surface area contributed by atoms with E-state index < -0.39 is 41.6 Å². The second-order valence-electron chi connectivity index (χ2n) is 11.5. The Kier molecular flexibility index (Phi) is 7.04. The Bertz CT molecular complexity index is 1450. The first-order valence-corrected chi connectivity index (χ1v) is 13.2. The molecule has 3 N–H and O–H groups in total. The van der Waals surface area contributed by atoms with E-state index in [-0.39, 0.29) is 29.8 Å². The molecule has 1 aliphatic heterocycles. The van der Waals surface area contributed by atoms with Crippen LogP contribution in [-0.4, -0.2) is 52.4 Å². The van der Waals surface area contributed by atoms with Gasteiger partial charge in [-0.15, -0.1) is 8.78 Å². The largest absolute Gasteiger partial charge is 0.586 e. The van der Waals surface area contributed by atoms with Crippen molar-refractivity contribution in [2.75, 3.05) is 18.5 Å². The normalized spacial score (nSPS) is 17.9. The average Bonchev–Trinajstić information content (AvgIpc) is 3.53. The molecule has 1 aliphatic carbocycles. The van der Waals surface area contributed by atoms with E-state index in [1.807, 2.05) is 33.8 Å². The zero-order valence-corrected chi connectivity index (χ0v) is 22.8. The van der Waals surface area contributed by atoms with Crippen LogP contribution in [0.4, 0.5) is 18.9 Å². The minimum Gasteiger partial charge on any atom is -0.395 e. The number of hydrogen-bond donors (Lipinski definition) is 3. The van der Waals surface area contributed by atoms with Gasteiger partial charge in [0, 0.05) is 22.6 Å². The summed E-state index contributed by atoms with van der Waals surface area (Å²) in [6, 6.07) is 8.92. The van der Waals surface area contributed by atoms with Gasteiger partial charge in [0.2, 0.25) is 5.91 Å². The first-order chi connectivity index (χ1) is 18.7. The van der Waals surface area contributed by atoms with Gasteiger partial charge in [-0.2, -0.15) is 0 Å². The summed E-state index contributed by atoms with van der Waals surface area (Å²) in [5, 5.41) is 23.0. The summed E-state index contributed by atoms with van der Waals surface area (Å²) in [4.78, 5) is 13.4. The van der Waals surface area contributed by atoms with E-state index in [0.29, 0.717) is 35.9 Å². The Balaban J connectivity index is 1.46. The predicted molar refractivity (Wildman–Crippen MR) is 141 cm³/mol. The number of carbonyl (C=O) groups excluding carboxylic acids is 1. The molecular weight excluding hydrogens is 529 g/mol. The number of benzene rings is 2. The van der Waals surface area contributed by atoms with Crippen LogP contribution in [0.15, 0.2) is 36.4 Å². The molecule has 2 aromatic carbocycles. The van der Waals surface area contributed by atoms with E-state index in [1.54, 1.807) is 4.57 Å². The summed E-state index contributed by atoms with van der Waals surface area (Å²) in [5.41, 5.74) is 0.189. The van der Waals surface area contributed by atoms with Gasteiger partial charge in [-0.3, -0.25) is 4.79 Å². The number of aliphatic hydroxyl groups excluding tert-OH is 2.